The number of aliphatic hydroxyl groups excluding tert-OH is 1. The summed E-state index contributed by atoms with van der Waals surface area (Å²) in [7, 11) is -3.81. The van der Waals surface area contributed by atoms with Gasteiger partial charge in [-0.15, -0.1) is 0 Å². The number of H-pyrrole nitrogens is 2. The van der Waals surface area contributed by atoms with Crippen LogP contribution in [0.15, 0.2) is 41.3 Å². The third kappa shape index (κ3) is 3.46. The van der Waals surface area contributed by atoms with Gasteiger partial charge in [0.25, 0.3) is 5.56 Å². The van der Waals surface area contributed by atoms with E-state index < -0.39 is 27.4 Å². The molecule has 0 radical (unpaired) electrons. The van der Waals surface area contributed by atoms with Crippen LogP contribution < -0.4 is 10.3 Å². The molecule has 8 heteroatoms. The maximum Gasteiger partial charge on any atom is 0.288 e. The zero-order valence-corrected chi connectivity index (χ0v) is 10.6. The number of hydrogen-bond acceptors (Lipinski definition) is 4. The van der Waals surface area contributed by atoms with Crippen molar-refractivity contribution in [3.63, 3.8) is 0 Å². The smallest absolute Gasteiger partial charge is 0.288 e. The number of rotatable bonds is 5. The molecule has 1 aromatic carbocycles. The van der Waals surface area contributed by atoms with Gasteiger partial charge in [0.15, 0.2) is 0 Å². The largest absolute Gasteiger partial charge is 0.387 e. The maximum atomic E-state index is 11.8. The van der Waals surface area contributed by atoms with Crippen molar-refractivity contribution >= 4 is 15.7 Å². The average molecular weight is 283 g/mol. The van der Waals surface area contributed by atoms with Crippen molar-refractivity contribution in [3.8, 4) is 0 Å². The lowest BCUT2D eigenvalue weighted by molar-refractivity contribution is 0.202. The zero-order chi connectivity index (χ0) is 13.9. The van der Waals surface area contributed by atoms with E-state index in [9.17, 15) is 18.3 Å². The van der Waals surface area contributed by atoms with E-state index in [1.807, 2.05) is 0 Å². The molecule has 0 aliphatic carbocycles. The first-order valence-electron chi connectivity index (χ1n) is 5.47. The van der Waals surface area contributed by atoms with Gasteiger partial charge in [-0.3, -0.25) is 14.6 Å². The lowest BCUT2D eigenvalue weighted by Gasteiger charge is -2.11. The SMILES string of the molecule is O=c1[nH][nH]cc1NS(=O)(=O)CC(O)c1ccccc1. The molecule has 102 valence electrons. The molecular weight excluding hydrogens is 270 g/mol. The summed E-state index contributed by atoms with van der Waals surface area (Å²) in [5.74, 6) is -0.526. The van der Waals surface area contributed by atoms with Gasteiger partial charge in [0, 0.05) is 6.20 Å². The Morgan fingerprint density at radius 1 is 1.26 bits per heavy atom. The van der Waals surface area contributed by atoms with Crippen LogP contribution in [-0.2, 0) is 10.0 Å². The minimum Gasteiger partial charge on any atom is -0.387 e. The van der Waals surface area contributed by atoms with Gasteiger partial charge >= 0.3 is 0 Å². The maximum absolute atomic E-state index is 11.8. The standard InChI is InChI=1S/C11H13N3O4S/c15-10(8-4-2-1-3-5-8)7-19(17,18)14-9-6-12-13-11(9)16/h1-6,10,14-15H,7H2,(H2,12,13,16). The Labute approximate surface area is 109 Å². The Hall–Kier alpha value is -2.06. The molecule has 0 saturated heterocycles. The topological polar surface area (TPSA) is 115 Å². The predicted molar refractivity (Wildman–Crippen MR) is 70.2 cm³/mol. The van der Waals surface area contributed by atoms with Crippen molar-refractivity contribution in [1.29, 1.82) is 0 Å². The van der Waals surface area contributed by atoms with E-state index >= 15 is 0 Å². The Kier molecular flexibility index (Phi) is 3.72. The van der Waals surface area contributed by atoms with Crippen LogP contribution in [0.5, 0.6) is 0 Å². The number of nitrogens with one attached hydrogen (secondary N) is 3. The molecule has 0 bridgehead atoms. The summed E-state index contributed by atoms with van der Waals surface area (Å²) in [5, 5.41) is 14.4. The first-order valence-corrected chi connectivity index (χ1v) is 7.13. The molecule has 7 nitrogen and oxygen atoms in total. The number of hydrogen-bond donors (Lipinski definition) is 4. The molecule has 0 amide bonds. The van der Waals surface area contributed by atoms with E-state index in [1.165, 1.54) is 6.20 Å². The molecule has 1 atom stereocenters. The second-order valence-corrected chi connectivity index (χ2v) is 5.73. The van der Waals surface area contributed by atoms with Crippen LogP contribution in [0.3, 0.4) is 0 Å². The summed E-state index contributed by atoms with van der Waals surface area (Å²) in [6, 6.07) is 8.43. The van der Waals surface area contributed by atoms with Crippen molar-refractivity contribution in [2.45, 2.75) is 6.10 Å². The molecule has 2 rings (SSSR count). The molecular formula is C11H13N3O4S. The van der Waals surface area contributed by atoms with Crippen LogP contribution in [-0.4, -0.2) is 29.5 Å². The van der Waals surface area contributed by atoms with Crippen LogP contribution in [0, 0.1) is 0 Å². The van der Waals surface area contributed by atoms with E-state index in [0.717, 1.165) is 0 Å². The summed E-state index contributed by atoms with van der Waals surface area (Å²) < 4.78 is 25.7. The zero-order valence-electron chi connectivity index (χ0n) is 9.83. The molecule has 4 N–H and O–H groups in total. The van der Waals surface area contributed by atoms with Crippen LogP contribution in [0.25, 0.3) is 0 Å². The fourth-order valence-electron chi connectivity index (χ4n) is 1.57. The lowest BCUT2D eigenvalue weighted by Crippen LogP contribution is -2.23. The molecule has 1 unspecified atom stereocenters. The van der Waals surface area contributed by atoms with Gasteiger partial charge in [-0.25, -0.2) is 8.42 Å². The second-order valence-electron chi connectivity index (χ2n) is 3.97. The van der Waals surface area contributed by atoms with Crippen molar-refractivity contribution in [2.75, 3.05) is 10.5 Å². The van der Waals surface area contributed by atoms with Crippen molar-refractivity contribution in [1.82, 2.24) is 10.2 Å². The summed E-state index contributed by atoms with van der Waals surface area (Å²) in [5.41, 5.74) is -0.186. The van der Waals surface area contributed by atoms with Crippen LogP contribution >= 0.6 is 0 Å². The summed E-state index contributed by atoms with van der Waals surface area (Å²) in [4.78, 5) is 11.2. The van der Waals surface area contributed by atoms with Gasteiger partial charge in [-0.05, 0) is 5.56 Å². The number of anilines is 1. The Bertz CT molecular complexity index is 690. The Balaban J connectivity index is 2.10. The molecule has 0 aliphatic heterocycles. The molecule has 1 heterocycles. The quantitative estimate of drug-likeness (QED) is 0.626. The number of aliphatic hydroxyl groups is 1. The van der Waals surface area contributed by atoms with Gasteiger partial charge in [0.2, 0.25) is 10.0 Å². The normalized spacial score (nSPS) is 13.1. The number of benzene rings is 1. The highest BCUT2D eigenvalue weighted by Crippen LogP contribution is 2.15. The highest BCUT2D eigenvalue weighted by Gasteiger charge is 2.19. The highest BCUT2D eigenvalue weighted by atomic mass is 32.2. The number of aromatic amines is 2. The van der Waals surface area contributed by atoms with E-state index in [4.69, 9.17) is 0 Å². The van der Waals surface area contributed by atoms with E-state index in [0.29, 0.717) is 5.56 Å². The number of sulfonamides is 1. The second kappa shape index (κ2) is 5.29. The molecule has 1 aromatic heterocycles. The molecule has 2 aromatic rings. The van der Waals surface area contributed by atoms with Gasteiger partial charge in [0.1, 0.15) is 5.69 Å². The predicted octanol–water partition coefficient (Wildman–Crippen LogP) is 0.178. The van der Waals surface area contributed by atoms with Crippen molar-refractivity contribution < 1.29 is 13.5 Å². The third-order valence-corrected chi connectivity index (χ3v) is 3.76. The summed E-state index contributed by atoms with van der Waals surface area (Å²) >= 11 is 0. The average Bonchev–Trinajstić information content (AvgIpc) is 2.75. The molecule has 19 heavy (non-hydrogen) atoms. The highest BCUT2D eigenvalue weighted by molar-refractivity contribution is 7.92. The van der Waals surface area contributed by atoms with Crippen LogP contribution in [0.1, 0.15) is 11.7 Å². The summed E-state index contributed by atoms with van der Waals surface area (Å²) in [6.45, 7) is 0. The lowest BCUT2D eigenvalue weighted by atomic mass is 10.1. The first kappa shape index (κ1) is 13.4. The van der Waals surface area contributed by atoms with E-state index in [-0.39, 0.29) is 5.69 Å². The molecule has 0 spiro atoms. The van der Waals surface area contributed by atoms with Gasteiger partial charge in [-0.2, -0.15) is 0 Å². The van der Waals surface area contributed by atoms with Crippen molar-refractivity contribution in [3.05, 3.63) is 52.4 Å². The molecule has 0 saturated carbocycles. The van der Waals surface area contributed by atoms with Crippen LogP contribution in [0.2, 0.25) is 0 Å². The Morgan fingerprint density at radius 3 is 2.53 bits per heavy atom. The van der Waals surface area contributed by atoms with E-state index in [1.54, 1.807) is 30.3 Å². The number of aromatic nitrogens is 2. The third-order valence-electron chi connectivity index (χ3n) is 2.47. The van der Waals surface area contributed by atoms with E-state index in [2.05, 4.69) is 14.9 Å². The molecule has 0 aliphatic rings. The van der Waals surface area contributed by atoms with Gasteiger partial charge in [-0.1, -0.05) is 30.3 Å². The fraction of sp³-hybridized carbons (Fsp3) is 0.182. The monoisotopic (exact) mass is 283 g/mol. The van der Waals surface area contributed by atoms with Crippen molar-refractivity contribution in [2.24, 2.45) is 0 Å². The van der Waals surface area contributed by atoms with Gasteiger partial charge in [0.05, 0.1) is 11.9 Å². The van der Waals surface area contributed by atoms with Gasteiger partial charge < -0.3 is 10.2 Å². The summed E-state index contributed by atoms with van der Waals surface area (Å²) in [6.07, 6.45) is 0.0473. The Morgan fingerprint density at radius 2 is 1.95 bits per heavy atom. The molecule has 0 fully saturated rings. The first-order chi connectivity index (χ1) is 8.98. The minimum atomic E-state index is -3.81. The van der Waals surface area contributed by atoms with Crippen LogP contribution in [0.4, 0.5) is 5.69 Å². The fourth-order valence-corrected chi connectivity index (χ4v) is 2.75. The minimum absolute atomic E-state index is 0.111.